The number of nitrogens with zero attached hydrogens (tertiary/aromatic N) is 3. The molecule has 90 valence electrons. The first-order valence-electron chi connectivity index (χ1n) is 5.83. The van der Waals surface area contributed by atoms with Gasteiger partial charge in [0, 0.05) is 24.0 Å². The minimum absolute atomic E-state index is 0.396. The molecule has 0 amide bonds. The van der Waals surface area contributed by atoms with E-state index in [1.54, 1.807) is 0 Å². The predicted octanol–water partition coefficient (Wildman–Crippen LogP) is 1.66. The molecule has 0 atom stereocenters. The third-order valence-corrected chi connectivity index (χ3v) is 2.45. The Labute approximate surface area is 97.9 Å². The second kappa shape index (κ2) is 5.80. The van der Waals surface area contributed by atoms with Crippen LogP contribution in [0, 0.1) is 13.8 Å². The number of rotatable bonds is 5. The van der Waals surface area contributed by atoms with Gasteiger partial charge in [0.05, 0.1) is 0 Å². The van der Waals surface area contributed by atoms with Crippen molar-refractivity contribution in [3.8, 4) is 0 Å². The summed E-state index contributed by atoms with van der Waals surface area (Å²) in [5.41, 5.74) is 7.58. The van der Waals surface area contributed by atoms with Crippen molar-refractivity contribution in [3.05, 3.63) is 17.5 Å². The van der Waals surface area contributed by atoms with E-state index in [1.165, 1.54) is 0 Å². The summed E-state index contributed by atoms with van der Waals surface area (Å²) in [6, 6.07) is 2.39. The van der Waals surface area contributed by atoms with Crippen molar-refractivity contribution in [3.63, 3.8) is 0 Å². The maximum Gasteiger partial charge on any atom is 0.225 e. The topological polar surface area (TPSA) is 55.0 Å². The molecule has 0 radical (unpaired) electrons. The van der Waals surface area contributed by atoms with Crippen LogP contribution >= 0.6 is 0 Å². The molecule has 0 fully saturated rings. The summed E-state index contributed by atoms with van der Waals surface area (Å²) in [6.45, 7) is 9.92. The lowest BCUT2D eigenvalue weighted by atomic mass is 10.3. The summed E-state index contributed by atoms with van der Waals surface area (Å²) < 4.78 is 0. The standard InChI is InChI=1S/C12H22N4/c1-9(2)16(7-5-6-13)12-14-10(3)8-11(4)15-12/h8-9H,5-7,13H2,1-4H3. The summed E-state index contributed by atoms with van der Waals surface area (Å²) in [5.74, 6) is 0.820. The first-order valence-corrected chi connectivity index (χ1v) is 5.83. The number of aryl methyl sites for hydroxylation is 2. The molecule has 1 aromatic heterocycles. The molecular formula is C12H22N4. The highest BCUT2D eigenvalue weighted by atomic mass is 15.3. The fourth-order valence-corrected chi connectivity index (χ4v) is 1.69. The molecule has 0 aliphatic heterocycles. The van der Waals surface area contributed by atoms with Gasteiger partial charge in [-0.2, -0.15) is 0 Å². The molecule has 1 aromatic rings. The van der Waals surface area contributed by atoms with Gasteiger partial charge in [0.2, 0.25) is 5.95 Å². The van der Waals surface area contributed by atoms with Crippen molar-refractivity contribution in [1.82, 2.24) is 9.97 Å². The van der Waals surface area contributed by atoms with Gasteiger partial charge in [0.1, 0.15) is 0 Å². The maximum atomic E-state index is 5.55. The van der Waals surface area contributed by atoms with Crippen LogP contribution in [0.1, 0.15) is 31.7 Å². The van der Waals surface area contributed by atoms with Crippen LogP contribution in [0.15, 0.2) is 6.07 Å². The Bertz CT molecular complexity index is 316. The SMILES string of the molecule is Cc1cc(C)nc(N(CCCN)C(C)C)n1. The van der Waals surface area contributed by atoms with Gasteiger partial charge >= 0.3 is 0 Å². The zero-order valence-corrected chi connectivity index (χ0v) is 10.7. The van der Waals surface area contributed by atoms with Crippen LogP contribution in [0.2, 0.25) is 0 Å². The lowest BCUT2D eigenvalue weighted by Gasteiger charge is -2.27. The van der Waals surface area contributed by atoms with Gasteiger partial charge in [-0.25, -0.2) is 9.97 Å². The Morgan fingerprint density at radius 2 is 1.81 bits per heavy atom. The lowest BCUT2D eigenvalue weighted by molar-refractivity contribution is 0.637. The van der Waals surface area contributed by atoms with Crippen LogP contribution in [0.5, 0.6) is 0 Å². The van der Waals surface area contributed by atoms with Gasteiger partial charge in [-0.15, -0.1) is 0 Å². The molecule has 0 unspecified atom stereocenters. The molecule has 16 heavy (non-hydrogen) atoms. The monoisotopic (exact) mass is 222 g/mol. The van der Waals surface area contributed by atoms with E-state index < -0.39 is 0 Å². The predicted molar refractivity (Wildman–Crippen MR) is 67.7 cm³/mol. The van der Waals surface area contributed by atoms with Crippen molar-refractivity contribution in [2.24, 2.45) is 5.73 Å². The van der Waals surface area contributed by atoms with E-state index >= 15 is 0 Å². The number of anilines is 1. The molecule has 0 spiro atoms. The van der Waals surface area contributed by atoms with Gasteiger partial charge in [0.25, 0.3) is 0 Å². The van der Waals surface area contributed by atoms with Crippen LogP contribution in [0.25, 0.3) is 0 Å². The highest BCUT2D eigenvalue weighted by Crippen LogP contribution is 2.13. The Morgan fingerprint density at radius 1 is 1.25 bits per heavy atom. The fourth-order valence-electron chi connectivity index (χ4n) is 1.69. The van der Waals surface area contributed by atoms with E-state index in [0.29, 0.717) is 12.6 Å². The molecule has 0 saturated heterocycles. The maximum absolute atomic E-state index is 5.55. The number of aromatic nitrogens is 2. The second-order valence-electron chi connectivity index (χ2n) is 4.38. The third kappa shape index (κ3) is 3.45. The van der Waals surface area contributed by atoms with Crippen LogP contribution in [0.4, 0.5) is 5.95 Å². The van der Waals surface area contributed by atoms with Crippen molar-refractivity contribution >= 4 is 5.95 Å². The van der Waals surface area contributed by atoms with Crippen LogP contribution in [0.3, 0.4) is 0 Å². The molecule has 4 nitrogen and oxygen atoms in total. The lowest BCUT2D eigenvalue weighted by Crippen LogP contribution is -2.34. The van der Waals surface area contributed by atoms with Gasteiger partial charge in [-0.05, 0) is 46.7 Å². The fraction of sp³-hybridized carbons (Fsp3) is 0.667. The van der Waals surface area contributed by atoms with Gasteiger partial charge < -0.3 is 10.6 Å². The van der Waals surface area contributed by atoms with E-state index in [1.807, 2.05) is 19.9 Å². The number of hydrogen-bond acceptors (Lipinski definition) is 4. The molecule has 4 heteroatoms. The molecule has 1 rings (SSSR count). The number of hydrogen-bond donors (Lipinski definition) is 1. The normalized spacial score (nSPS) is 10.9. The molecule has 2 N–H and O–H groups in total. The molecule has 0 aromatic carbocycles. The highest BCUT2D eigenvalue weighted by Gasteiger charge is 2.13. The van der Waals surface area contributed by atoms with Crippen molar-refractivity contribution in [1.29, 1.82) is 0 Å². The van der Waals surface area contributed by atoms with Crippen molar-refractivity contribution in [2.45, 2.75) is 40.2 Å². The quantitative estimate of drug-likeness (QED) is 0.823. The summed E-state index contributed by atoms with van der Waals surface area (Å²) in [6.07, 6.45) is 0.967. The van der Waals surface area contributed by atoms with Crippen molar-refractivity contribution < 1.29 is 0 Å². The van der Waals surface area contributed by atoms with E-state index in [9.17, 15) is 0 Å². The summed E-state index contributed by atoms with van der Waals surface area (Å²) >= 11 is 0. The Balaban J connectivity index is 2.91. The zero-order valence-electron chi connectivity index (χ0n) is 10.7. The summed E-state index contributed by atoms with van der Waals surface area (Å²) in [4.78, 5) is 11.2. The smallest absolute Gasteiger partial charge is 0.225 e. The van der Waals surface area contributed by atoms with Crippen LogP contribution in [-0.4, -0.2) is 29.1 Å². The largest absolute Gasteiger partial charge is 0.338 e. The van der Waals surface area contributed by atoms with Crippen LogP contribution in [-0.2, 0) is 0 Å². The Morgan fingerprint density at radius 3 is 2.25 bits per heavy atom. The van der Waals surface area contributed by atoms with Crippen molar-refractivity contribution in [2.75, 3.05) is 18.0 Å². The Hall–Kier alpha value is -1.16. The first-order chi connectivity index (χ1) is 7.54. The minimum atomic E-state index is 0.396. The minimum Gasteiger partial charge on any atom is -0.338 e. The Kier molecular flexibility index (Phi) is 4.68. The van der Waals surface area contributed by atoms with E-state index in [-0.39, 0.29) is 0 Å². The van der Waals surface area contributed by atoms with E-state index in [4.69, 9.17) is 5.73 Å². The van der Waals surface area contributed by atoms with Gasteiger partial charge in [-0.3, -0.25) is 0 Å². The van der Waals surface area contributed by atoms with Gasteiger partial charge in [0.15, 0.2) is 0 Å². The average molecular weight is 222 g/mol. The average Bonchev–Trinajstić information content (AvgIpc) is 2.16. The first kappa shape index (κ1) is 12.9. The molecule has 0 aliphatic carbocycles. The number of nitrogens with two attached hydrogens (primary N) is 1. The van der Waals surface area contributed by atoms with E-state index in [2.05, 4.69) is 28.7 Å². The molecule has 0 aliphatic rings. The van der Waals surface area contributed by atoms with E-state index in [0.717, 1.165) is 30.3 Å². The molecule has 1 heterocycles. The molecule has 0 saturated carbocycles. The second-order valence-corrected chi connectivity index (χ2v) is 4.38. The molecular weight excluding hydrogens is 200 g/mol. The van der Waals surface area contributed by atoms with Gasteiger partial charge in [-0.1, -0.05) is 0 Å². The van der Waals surface area contributed by atoms with Crippen LogP contribution < -0.4 is 10.6 Å². The third-order valence-electron chi connectivity index (χ3n) is 2.45. The summed E-state index contributed by atoms with van der Waals surface area (Å²) in [7, 11) is 0. The zero-order chi connectivity index (χ0) is 12.1. The highest BCUT2D eigenvalue weighted by molar-refractivity contribution is 5.33. The summed E-state index contributed by atoms with van der Waals surface area (Å²) in [5, 5.41) is 0. The molecule has 0 bridgehead atoms.